The van der Waals surface area contributed by atoms with Crippen molar-refractivity contribution < 1.29 is 4.79 Å². The molecule has 0 aromatic rings. The fourth-order valence-electron chi connectivity index (χ4n) is 0.122. The summed E-state index contributed by atoms with van der Waals surface area (Å²) in [5, 5.41) is 2.64. The standard InChI is InChI=1S/C3H5I2NO/c4-1-3(7)6-2-5/h1-2H2,(H,6,7). The highest BCUT2D eigenvalue weighted by molar-refractivity contribution is 14.1. The molecular formula is C3H5I2NO. The van der Waals surface area contributed by atoms with Gasteiger partial charge in [-0.05, 0) is 0 Å². The molecule has 0 unspecified atom stereocenters. The molecule has 0 aromatic carbocycles. The van der Waals surface area contributed by atoms with E-state index in [1.54, 1.807) is 0 Å². The molecule has 0 aliphatic heterocycles. The van der Waals surface area contributed by atoms with Crippen molar-refractivity contribution in [3.63, 3.8) is 0 Å². The third-order valence-corrected chi connectivity index (χ3v) is 1.46. The lowest BCUT2D eigenvalue weighted by molar-refractivity contribution is -0.117. The average molecular weight is 325 g/mol. The van der Waals surface area contributed by atoms with Gasteiger partial charge in [0.25, 0.3) is 0 Å². The summed E-state index contributed by atoms with van der Waals surface area (Å²) in [6.45, 7) is 0. The van der Waals surface area contributed by atoms with Gasteiger partial charge in [-0.1, -0.05) is 45.2 Å². The van der Waals surface area contributed by atoms with Gasteiger partial charge in [0.2, 0.25) is 5.91 Å². The third kappa shape index (κ3) is 4.79. The molecule has 0 heterocycles. The van der Waals surface area contributed by atoms with E-state index in [-0.39, 0.29) is 5.91 Å². The van der Waals surface area contributed by atoms with Gasteiger partial charge in [-0.25, -0.2) is 0 Å². The first-order chi connectivity index (χ1) is 3.31. The van der Waals surface area contributed by atoms with E-state index in [1.165, 1.54) is 0 Å². The van der Waals surface area contributed by atoms with Crippen LogP contribution in [0.3, 0.4) is 0 Å². The van der Waals surface area contributed by atoms with Crippen LogP contribution in [0.2, 0.25) is 0 Å². The quantitative estimate of drug-likeness (QED) is 0.457. The fourth-order valence-corrected chi connectivity index (χ4v) is 0.817. The van der Waals surface area contributed by atoms with Gasteiger partial charge in [-0.15, -0.1) is 0 Å². The topological polar surface area (TPSA) is 29.1 Å². The minimum Gasteiger partial charge on any atom is -0.346 e. The van der Waals surface area contributed by atoms with Gasteiger partial charge in [0, 0.05) is 0 Å². The van der Waals surface area contributed by atoms with E-state index in [0.29, 0.717) is 8.98 Å². The van der Waals surface area contributed by atoms with E-state index >= 15 is 0 Å². The first kappa shape index (κ1) is 7.93. The highest BCUT2D eigenvalue weighted by Crippen LogP contribution is 1.80. The number of carbonyl (C=O) groups excluding carboxylic acids is 1. The summed E-state index contributed by atoms with van der Waals surface area (Å²) in [4.78, 5) is 10.3. The number of rotatable bonds is 2. The molecule has 0 spiro atoms. The maximum absolute atomic E-state index is 10.3. The molecule has 1 amide bonds. The summed E-state index contributed by atoms with van der Waals surface area (Å²) in [6, 6.07) is 0. The second-order valence-electron chi connectivity index (χ2n) is 0.867. The molecule has 42 valence electrons. The Kier molecular flexibility index (Phi) is 5.75. The van der Waals surface area contributed by atoms with E-state index in [2.05, 4.69) is 27.9 Å². The molecule has 0 rings (SSSR count). The van der Waals surface area contributed by atoms with Crippen molar-refractivity contribution in [1.29, 1.82) is 0 Å². The number of halogens is 2. The molecule has 0 aliphatic carbocycles. The van der Waals surface area contributed by atoms with Crippen LogP contribution in [0.15, 0.2) is 0 Å². The van der Waals surface area contributed by atoms with Crippen molar-refractivity contribution in [3.05, 3.63) is 0 Å². The van der Waals surface area contributed by atoms with Crippen molar-refractivity contribution >= 4 is 51.1 Å². The summed E-state index contributed by atoms with van der Waals surface area (Å²) in [6.07, 6.45) is 0. The average Bonchev–Trinajstić information content (AvgIpc) is 1.68. The highest BCUT2D eigenvalue weighted by atomic mass is 127. The van der Waals surface area contributed by atoms with Crippen LogP contribution in [0.1, 0.15) is 0 Å². The van der Waals surface area contributed by atoms with Crippen LogP contribution in [-0.2, 0) is 4.79 Å². The predicted octanol–water partition coefficient (Wildman–Crippen LogP) is 0.930. The van der Waals surface area contributed by atoms with Gasteiger partial charge in [0.1, 0.15) is 0 Å². The number of alkyl halides is 2. The summed E-state index contributed by atoms with van der Waals surface area (Å²) in [5.74, 6) is 0.106. The molecule has 0 aromatic heterocycles. The van der Waals surface area contributed by atoms with Crippen molar-refractivity contribution in [2.45, 2.75) is 0 Å². The van der Waals surface area contributed by atoms with E-state index in [0.717, 1.165) is 0 Å². The Morgan fingerprint density at radius 3 is 2.29 bits per heavy atom. The van der Waals surface area contributed by atoms with Gasteiger partial charge in [-0.3, -0.25) is 4.79 Å². The monoisotopic (exact) mass is 325 g/mol. The van der Waals surface area contributed by atoms with Gasteiger partial charge >= 0.3 is 0 Å². The molecule has 2 nitrogen and oxygen atoms in total. The zero-order valence-electron chi connectivity index (χ0n) is 3.58. The fraction of sp³-hybridized carbons (Fsp3) is 0.667. The highest BCUT2D eigenvalue weighted by Gasteiger charge is 1.90. The van der Waals surface area contributed by atoms with E-state index < -0.39 is 0 Å². The van der Waals surface area contributed by atoms with Gasteiger partial charge in [-0.2, -0.15) is 0 Å². The Bertz CT molecular complexity index is 66.0. The molecule has 1 N–H and O–H groups in total. The van der Waals surface area contributed by atoms with Crippen LogP contribution < -0.4 is 5.32 Å². The van der Waals surface area contributed by atoms with Crippen molar-refractivity contribution in [1.82, 2.24) is 5.32 Å². The molecule has 0 aliphatic rings. The minimum absolute atomic E-state index is 0.106. The Labute approximate surface area is 69.7 Å². The first-order valence-electron chi connectivity index (χ1n) is 1.70. The normalized spacial score (nSPS) is 8.29. The van der Waals surface area contributed by atoms with E-state index in [4.69, 9.17) is 0 Å². The Morgan fingerprint density at radius 1 is 1.57 bits per heavy atom. The maximum Gasteiger partial charge on any atom is 0.230 e. The lowest BCUT2D eigenvalue weighted by atomic mass is 10.7. The van der Waals surface area contributed by atoms with Crippen LogP contribution in [0.25, 0.3) is 0 Å². The van der Waals surface area contributed by atoms with Crippen molar-refractivity contribution in [2.75, 3.05) is 8.98 Å². The Hall–Kier alpha value is 0.930. The van der Waals surface area contributed by atoms with Crippen LogP contribution in [0, 0.1) is 0 Å². The second-order valence-corrected chi connectivity index (χ2v) is 2.39. The van der Waals surface area contributed by atoms with Crippen molar-refractivity contribution in [3.8, 4) is 0 Å². The van der Waals surface area contributed by atoms with Gasteiger partial charge in [0.15, 0.2) is 0 Å². The Morgan fingerprint density at radius 2 is 2.14 bits per heavy atom. The number of hydrogen-bond donors (Lipinski definition) is 1. The summed E-state index contributed by atoms with van der Waals surface area (Å²) >= 11 is 4.11. The maximum atomic E-state index is 10.3. The smallest absolute Gasteiger partial charge is 0.230 e. The lowest BCUT2D eigenvalue weighted by Gasteiger charge is -1.91. The Balaban J connectivity index is 3.00. The zero-order chi connectivity index (χ0) is 5.70. The lowest BCUT2D eigenvalue weighted by Crippen LogP contribution is -2.21. The largest absolute Gasteiger partial charge is 0.346 e. The molecular weight excluding hydrogens is 320 g/mol. The van der Waals surface area contributed by atoms with Crippen LogP contribution in [-0.4, -0.2) is 14.9 Å². The molecule has 0 atom stereocenters. The second kappa shape index (κ2) is 5.07. The number of carbonyl (C=O) groups is 1. The SMILES string of the molecule is O=C(CI)NCI. The first-order valence-corrected chi connectivity index (χ1v) is 4.75. The van der Waals surface area contributed by atoms with Crippen LogP contribution in [0.5, 0.6) is 0 Å². The summed E-state index contributed by atoms with van der Waals surface area (Å²) in [5.41, 5.74) is 0. The molecule has 7 heavy (non-hydrogen) atoms. The predicted molar refractivity (Wildman–Crippen MR) is 45.9 cm³/mol. The summed E-state index contributed by atoms with van der Waals surface area (Å²) in [7, 11) is 0. The van der Waals surface area contributed by atoms with E-state index in [1.807, 2.05) is 22.6 Å². The van der Waals surface area contributed by atoms with Crippen LogP contribution >= 0.6 is 45.2 Å². The van der Waals surface area contributed by atoms with Gasteiger partial charge in [0.05, 0.1) is 8.98 Å². The number of hydrogen-bond acceptors (Lipinski definition) is 1. The molecule has 4 heteroatoms. The van der Waals surface area contributed by atoms with E-state index in [9.17, 15) is 4.79 Å². The molecule has 0 bridgehead atoms. The minimum atomic E-state index is 0.106. The number of amides is 1. The third-order valence-electron chi connectivity index (χ3n) is 0.385. The molecule has 0 fully saturated rings. The summed E-state index contributed by atoms with van der Waals surface area (Å²) < 4.78 is 1.26. The van der Waals surface area contributed by atoms with Crippen LogP contribution in [0.4, 0.5) is 0 Å². The van der Waals surface area contributed by atoms with Crippen molar-refractivity contribution in [2.24, 2.45) is 0 Å². The van der Waals surface area contributed by atoms with Gasteiger partial charge < -0.3 is 5.32 Å². The zero-order valence-corrected chi connectivity index (χ0v) is 7.89. The molecule has 0 saturated carbocycles. The molecule has 0 saturated heterocycles. The molecule has 0 radical (unpaired) electrons. The number of nitrogens with one attached hydrogen (secondary N) is 1.